The Morgan fingerprint density at radius 1 is 1.16 bits per heavy atom. The minimum Gasteiger partial charge on any atom is -0.508 e. The van der Waals surface area contributed by atoms with Crippen LogP contribution in [0.15, 0.2) is 54.6 Å². The molecule has 0 amide bonds. The van der Waals surface area contributed by atoms with E-state index in [1.54, 1.807) is 35.0 Å². The van der Waals surface area contributed by atoms with E-state index in [2.05, 4.69) is 5.10 Å². The molecule has 0 aliphatic rings. The molecule has 1 N–H and O–H groups in total. The molecular formula is C20H17FN2O2. The number of carbonyl (C=O) groups excluding carboxylic acids is 1. The van der Waals surface area contributed by atoms with Crippen LogP contribution in [0.2, 0.25) is 0 Å². The molecule has 0 aliphatic heterocycles. The van der Waals surface area contributed by atoms with Gasteiger partial charge in [0.25, 0.3) is 0 Å². The maximum atomic E-state index is 13.1. The van der Waals surface area contributed by atoms with Crippen LogP contribution < -0.4 is 0 Å². The van der Waals surface area contributed by atoms with Crippen LogP contribution in [0.5, 0.6) is 5.75 Å². The highest BCUT2D eigenvalue weighted by atomic mass is 19.1. The second-order valence-corrected chi connectivity index (χ2v) is 5.72. The van der Waals surface area contributed by atoms with Crippen LogP contribution in [0.3, 0.4) is 0 Å². The number of hydrogen-bond acceptors (Lipinski definition) is 3. The van der Waals surface area contributed by atoms with Gasteiger partial charge in [-0.05, 0) is 62.4 Å². The van der Waals surface area contributed by atoms with E-state index >= 15 is 0 Å². The summed E-state index contributed by atoms with van der Waals surface area (Å²) in [4.78, 5) is 12.2. The lowest BCUT2D eigenvalue weighted by Crippen LogP contribution is -1.99. The topological polar surface area (TPSA) is 55.1 Å². The van der Waals surface area contributed by atoms with Crippen molar-refractivity contribution < 1.29 is 14.3 Å². The van der Waals surface area contributed by atoms with Crippen LogP contribution in [-0.2, 0) is 0 Å². The van der Waals surface area contributed by atoms with Gasteiger partial charge in [0.2, 0.25) is 0 Å². The highest BCUT2D eigenvalue weighted by Crippen LogP contribution is 2.20. The van der Waals surface area contributed by atoms with E-state index in [0.717, 1.165) is 22.6 Å². The lowest BCUT2D eigenvalue weighted by Gasteiger charge is -2.04. The number of phenols is 1. The van der Waals surface area contributed by atoms with Crippen molar-refractivity contribution in [1.82, 2.24) is 9.78 Å². The molecule has 1 heterocycles. The zero-order valence-corrected chi connectivity index (χ0v) is 13.9. The van der Waals surface area contributed by atoms with Gasteiger partial charge in [0.15, 0.2) is 5.78 Å². The number of carbonyl (C=O) groups is 1. The van der Waals surface area contributed by atoms with Gasteiger partial charge in [-0.25, -0.2) is 9.07 Å². The predicted molar refractivity (Wildman–Crippen MR) is 94.5 cm³/mol. The van der Waals surface area contributed by atoms with Gasteiger partial charge in [-0.15, -0.1) is 0 Å². The number of benzene rings is 2. The lowest BCUT2D eigenvalue weighted by atomic mass is 10.1. The molecule has 0 saturated heterocycles. The minimum absolute atomic E-state index is 0.0516. The molecule has 0 bridgehead atoms. The predicted octanol–water partition coefficient (Wildman–Crippen LogP) is 4.23. The van der Waals surface area contributed by atoms with E-state index in [1.165, 1.54) is 30.3 Å². The van der Waals surface area contributed by atoms with Gasteiger partial charge < -0.3 is 5.11 Å². The minimum atomic E-state index is -0.304. The maximum Gasteiger partial charge on any atom is 0.185 e. The summed E-state index contributed by atoms with van der Waals surface area (Å²) in [5.74, 6) is -0.456. The molecule has 0 saturated carbocycles. The highest BCUT2D eigenvalue weighted by molar-refractivity contribution is 6.07. The third kappa shape index (κ3) is 3.50. The summed E-state index contributed by atoms with van der Waals surface area (Å²) in [6, 6.07) is 12.3. The molecule has 0 fully saturated rings. The summed E-state index contributed by atoms with van der Waals surface area (Å²) in [7, 11) is 0. The molecule has 25 heavy (non-hydrogen) atoms. The van der Waals surface area contributed by atoms with Crippen molar-refractivity contribution in [1.29, 1.82) is 0 Å². The molecule has 0 radical (unpaired) electrons. The van der Waals surface area contributed by atoms with Crippen LogP contribution in [0.4, 0.5) is 4.39 Å². The number of hydrogen-bond donors (Lipinski definition) is 1. The number of allylic oxidation sites excluding steroid dienone is 1. The van der Waals surface area contributed by atoms with E-state index in [0.29, 0.717) is 5.56 Å². The van der Waals surface area contributed by atoms with Gasteiger partial charge in [-0.2, -0.15) is 5.10 Å². The van der Waals surface area contributed by atoms with Crippen molar-refractivity contribution >= 4 is 11.9 Å². The first-order valence-corrected chi connectivity index (χ1v) is 7.79. The number of aromatic nitrogens is 2. The van der Waals surface area contributed by atoms with Gasteiger partial charge in [0.1, 0.15) is 11.6 Å². The molecule has 5 heteroatoms. The first-order valence-electron chi connectivity index (χ1n) is 7.79. The molecular weight excluding hydrogens is 319 g/mol. The molecule has 3 rings (SSSR count). The second kappa shape index (κ2) is 6.73. The SMILES string of the molecule is Cc1nn(-c2ccc(F)cc2)c(C)c1/C=C/C(=O)c1cccc(O)c1. The fraction of sp³-hybridized carbons (Fsp3) is 0.100. The molecule has 0 aliphatic carbocycles. The molecule has 126 valence electrons. The average Bonchev–Trinajstić information content (AvgIpc) is 2.88. The van der Waals surface area contributed by atoms with E-state index in [4.69, 9.17) is 0 Å². The average molecular weight is 336 g/mol. The first kappa shape index (κ1) is 16.6. The Bertz CT molecular complexity index is 956. The Hall–Kier alpha value is -3.21. The summed E-state index contributed by atoms with van der Waals surface area (Å²) in [6.45, 7) is 3.74. The number of aromatic hydroxyl groups is 1. The molecule has 1 aromatic heterocycles. The Balaban J connectivity index is 1.90. The number of phenolic OH excluding ortho intramolecular Hbond substituents is 1. The highest BCUT2D eigenvalue weighted by Gasteiger charge is 2.11. The summed E-state index contributed by atoms with van der Waals surface area (Å²) < 4.78 is 14.8. The number of nitrogens with zero attached hydrogens (tertiary/aromatic N) is 2. The number of rotatable bonds is 4. The molecule has 0 unspecified atom stereocenters. The van der Waals surface area contributed by atoms with E-state index < -0.39 is 0 Å². The van der Waals surface area contributed by atoms with E-state index in [-0.39, 0.29) is 17.3 Å². The van der Waals surface area contributed by atoms with E-state index in [9.17, 15) is 14.3 Å². The van der Waals surface area contributed by atoms with Crippen LogP contribution in [-0.4, -0.2) is 20.7 Å². The second-order valence-electron chi connectivity index (χ2n) is 5.72. The standard InChI is InChI=1S/C20H17FN2O2/c1-13-19(10-11-20(25)15-4-3-5-18(24)12-15)14(2)23(22-13)17-8-6-16(21)7-9-17/h3-12,24H,1-2H3/b11-10+. The Morgan fingerprint density at radius 3 is 2.56 bits per heavy atom. The molecule has 0 spiro atoms. The van der Waals surface area contributed by atoms with Crippen molar-refractivity contribution in [3.8, 4) is 11.4 Å². The van der Waals surface area contributed by atoms with Crippen molar-refractivity contribution in [2.75, 3.05) is 0 Å². The first-order chi connectivity index (χ1) is 12.0. The molecule has 4 nitrogen and oxygen atoms in total. The molecule has 3 aromatic rings. The quantitative estimate of drug-likeness (QED) is 0.573. The van der Waals surface area contributed by atoms with Crippen LogP contribution >= 0.6 is 0 Å². The molecule has 2 aromatic carbocycles. The fourth-order valence-electron chi connectivity index (χ4n) is 2.64. The van der Waals surface area contributed by atoms with Crippen molar-refractivity contribution in [2.24, 2.45) is 0 Å². The van der Waals surface area contributed by atoms with Crippen molar-refractivity contribution in [3.63, 3.8) is 0 Å². The molecule has 0 atom stereocenters. The van der Waals surface area contributed by atoms with Gasteiger partial charge in [0.05, 0.1) is 11.4 Å². The van der Waals surface area contributed by atoms with Gasteiger partial charge in [-0.3, -0.25) is 4.79 Å². The van der Waals surface area contributed by atoms with Gasteiger partial charge in [0, 0.05) is 16.8 Å². The van der Waals surface area contributed by atoms with Crippen LogP contribution in [0.1, 0.15) is 27.3 Å². The Morgan fingerprint density at radius 2 is 1.88 bits per heavy atom. The van der Waals surface area contributed by atoms with Crippen molar-refractivity contribution in [3.05, 3.63) is 82.9 Å². The summed E-state index contributed by atoms with van der Waals surface area (Å²) in [6.07, 6.45) is 3.17. The number of ketones is 1. The van der Waals surface area contributed by atoms with Crippen LogP contribution in [0, 0.1) is 19.7 Å². The van der Waals surface area contributed by atoms with Crippen molar-refractivity contribution in [2.45, 2.75) is 13.8 Å². The Kier molecular flexibility index (Phi) is 4.48. The zero-order chi connectivity index (χ0) is 18.0. The number of aryl methyl sites for hydroxylation is 1. The zero-order valence-electron chi connectivity index (χ0n) is 13.9. The van der Waals surface area contributed by atoms with E-state index in [1.807, 2.05) is 13.8 Å². The van der Waals surface area contributed by atoms with Crippen LogP contribution in [0.25, 0.3) is 11.8 Å². The summed E-state index contributed by atoms with van der Waals surface area (Å²) in [5, 5.41) is 13.9. The van der Waals surface area contributed by atoms with Gasteiger partial charge >= 0.3 is 0 Å². The fourth-order valence-corrected chi connectivity index (χ4v) is 2.64. The smallest absolute Gasteiger partial charge is 0.185 e. The normalized spacial score (nSPS) is 11.2. The third-order valence-electron chi connectivity index (χ3n) is 3.95. The number of halogens is 1. The summed E-state index contributed by atoms with van der Waals surface area (Å²) in [5.41, 5.74) is 3.61. The largest absolute Gasteiger partial charge is 0.508 e. The lowest BCUT2D eigenvalue weighted by molar-refractivity contribution is 0.104. The summed E-state index contributed by atoms with van der Waals surface area (Å²) >= 11 is 0. The Labute approximate surface area is 144 Å². The van der Waals surface area contributed by atoms with Gasteiger partial charge in [-0.1, -0.05) is 12.1 Å². The third-order valence-corrected chi connectivity index (χ3v) is 3.95. The monoisotopic (exact) mass is 336 g/mol. The maximum absolute atomic E-state index is 13.1.